The van der Waals surface area contributed by atoms with Crippen molar-refractivity contribution in [2.24, 2.45) is 0 Å². The highest BCUT2D eigenvalue weighted by atomic mass is 16.5. The average Bonchev–Trinajstić information content (AvgIpc) is 3.01. The van der Waals surface area contributed by atoms with Gasteiger partial charge in [0.25, 0.3) is 0 Å². The predicted molar refractivity (Wildman–Crippen MR) is 82.2 cm³/mol. The van der Waals surface area contributed by atoms with Crippen molar-refractivity contribution in [3.05, 3.63) is 64.2 Å². The molecule has 106 valence electrons. The van der Waals surface area contributed by atoms with Crippen LogP contribution in [0.2, 0.25) is 0 Å². The zero-order valence-electron chi connectivity index (χ0n) is 12.0. The van der Waals surface area contributed by atoms with Crippen LogP contribution in [-0.2, 0) is 19.3 Å². The van der Waals surface area contributed by atoms with E-state index in [2.05, 4.69) is 18.2 Å². The van der Waals surface area contributed by atoms with E-state index in [0.29, 0.717) is 12.2 Å². The number of carbonyl (C=O) groups is 1. The third-order valence-corrected chi connectivity index (χ3v) is 4.54. The number of hydrogen-bond acceptors (Lipinski definition) is 2. The van der Waals surface area contributed by atoms with Crippen LogP contribution < -0.4 is 4.74 Å². The van der Waals surface area contributed by atoms with Crippen molar-refractivity contribution in [1.82, 2.24) is 0 Å². The van der Waals surface area contributed by atoms with Crippen LogP contribution in [0.4, 0.5) is 0 Å². The maximum atomic E-state index is 12.8. The molecule has 1 heterocycles. The molecule has 0 atom stereocenters. The van der Waals surface area contributed by atoms with Crippen molar-refractivity contribution in [2.75, 3.05) is 6.61 Å². The summed E-state index contributed by atoms with van der Waals surface area (Å²) in [7, 11) is 0. The molecule has 0 aromatic heterocycles. The van der Waals surface area contributed by atoms with E-state index in [9.17, 15) is 4.79 Å². The number of ketones is 1. The molecule has 0 saturated carbocycles. The SMILES string of the molecule is O=C(c1ccc2c(c1)CCC2)c1cccc2c1OCCC2. The van der Waals surface area contributed by atoms with Gasteiger partial charge >= 0.3 is 0 Å². The van der Waals surface area contributed by atoms with E-state index in [1.807, 2.05) is 18.2 Å². The highest BCUT2D eigenvalue weighted by molar-refractivity contribution is 6.11. The average molecular weight is 278 g/mol. The van der Waals surface area contributed by atoms with Crippen molar-refractivity contribution >= 4 is 5.78 Å². The topological polar surface area (TPSA) is 26.3 Å². The van der Waals surface area contributed by atoms with Crippen LogP contribution in [0.1, 0.15) is 45.5 Å². The van der Waals surface area contributed by atoms with Crippen molar-refractivity contribution in [2.45, 2.75) is 32.1 Å². The number of hydrogen-bond donors (Lipinski definition) is 0. The van der Waals surface area contributed by atoms with Gasteiger partial charge in [0.1, 0.15) is 5.75 Å². The minimum Gasteiger partial charge on any atom is -0.493 e. The second kappa shape index (κ2) is 5.03. The van der Waals surface area contributed by atoms with Crippen molar-refractivity contribution in [3.8, 4) is 5.75 Å². The van der Waals surface area contributed by atoms with Crippen LogP contribution in [0.25, 0.3) is 0 Å². The number of fused-ring (bicyclic) bond motifs is 2. The highest BCUT2D eigenvalue weighted by Gasteiger charge is 2.21. The van der Waals surface area contributed by atoms with Gasteiger partial charge in [0.05, 0.1) is 12.2 Å². The van der Waals surface area contributed by atoms with Gasteiger partial charge in [-0.25, -0.2) is 0 Å². The Hall–Kier alpha value is -2.09. The van der Waals surface area contributed by atoms with E-state index in [0.717, 1.165) is 42.6 Å². The van der Waals surface area contributed by atoms with Crippen LogP contribution in [0.3, 0.4) is 0 Å². The lowest BCUT2D eigenvalue weighted by atomic mass is 9.95. The van der Waals surface area contributed by atoms with E-state index >= 15 is 0 Å². The Morgan fingerprint density at radius 1 is 0.905 bits per heavy atom. The van der Waals surface area contributed by atoms with Gasteiger partial charge in [0, 0.05) is 5.56 Å². The lowest BCUT2D eigenvalue weighted by molar-refractivity contribution is 0.103. The number of rotatable bonds is 2. The van der Waals surface area contributed by atoms with Crippen LogP contribution in [0.5, 0.6) is 5.75 Å². The summed E-state index contributed by atoms with van der Waals surface area (Å²) >= 11 is 0. The molecule has 0 bridgehead atoms. The summed E-state index contributed by atoms with van der Waals surface area (Å²) in [5.74, 6) is 0.887. The van der Waals surface area contributed by atoms with Gasteiger partial charge in [0.15, 0.2) is 5.78 Å². The van der Waals surface area contributed by atoms with Gasteiger partial charge in [-0.3, -0.25) is 4.79 Å². The van der Waals surface area contributed by atoms with Gasteiger partial charge in [-0.05, 0) is 60.9 Å². The molecule has 2 heteroatoms. The van der Waals surface area contributed by atoms with Gasteiger partial charge in [-0.1, -0.05) is 24.3 Å². The fraction of sp³-hybridized carbons (Fsp3) is 0.316. The van der Waals surface area contributed by atoms with Crippen LogP contribution in [0, 0.1) is 0 Å². The molecule has 0 saturated heterocycles. The monoisotopic (exact) mass is 278 g/mol. The second-order valence-electron chi connectivity index (χ2n) is 5.91. The van der Waals surface area contributed by atoms with Crippen LogP contribution in [-0.4, -0.2) is 12.4 Å². The number of para-hydroxylation sites is 1. The molecule has 0 fully saturated rings. The lowest BCUT2D eigenvalue weighted by Crippen LogP contribution is -2.13. The van der Waals surface area contributed by atoms with E-state index in [4.69, 9.17) is 4.74 Å². The number of carbonyl (C=O) groups excluding carboxylic acids is 1. The molecule has 0 radical (unpaired) electrons. The summed E-state index contributed by atoms with van der Waals surface area (Å²) in [4.78, 5) is 12.8. The standard InChI is InChI=1S/C19H18O2/c20-18(16-10-9-13-4-1-6-15(13)12-16)17-8-2-5-14-7-3-11-21-19(14)17/h2,5,8-10,12H,1,3-4,6-7,11H2. The first-order valence-corrected chi connectivity index (χ1v) is 7.74. The highest BCUT2D eigenvalue weighted by Crippen LogP contribution is 2.31. The molecule has 0 amide bonds. The third kappa shape index (κ3) is 2.15. The van der Waals surface area contributed by atoms with Gasteiger partial charge in [-0.2, -0.15) is 0 Å². The minimum atomic E-state index is 0.0865. The number of benzene rings is 2. The normalized spacial score (nSPS) is 16.0. The molecule has 2 nitrogen and oxygen atoms in total. The fourth-order valence-corrected chi connectivity index (χ4v) is 3.44. The number of ether oxygens (including phenoxy) is 1. The summed E-state index contributed by atoms with van der Waals surface area (Å²) in [6.07, 6.45) is 5.48. The summed E-state index contributed by atoms with van der Waals surface area (Å²) in [5.41, 5.74) is 5.40. The largest absolute Gasteiger partial charge is 0.493 e. The molecule has 1 aliphatic carbocycles. The molecule has 2 aliphatic rings. The Morgan fingerprint density at radius 3 is 2.71 bits per heavy atom. The summed E-state index contributed by atoms with van der Waals surface area (Å²) in [6.45, 7) is 0.710. The predicted octanol–water partition coefficient (Wildman–Crippen LogP) is 3.73. The molecule has 4 rings (SSSR count). The zero-order valence-corrected chi connectivity index (χ0v) is 12.0. The zero-order chi connectivity index (χ0) is 14.2. The lowest BCUT2D eigenvalue weighted by Gasteiger charge is -2.19. The molecule has 2 aromatic carbocycles. The quantitative estimate of drug-likeness (QED) is 0.782. The third-order valence-electron chi connectivity index (χ3n) is 4.54. The second-order valence-corrected chi connectivity index (χ2v) is 5.91. The molecule has 21 heavy (non-hydrogen) atoms. The van der Waals surface area contributed by atoms with E-state index in [-0.39, 0.29) is 5.78 Å². The van der Waals surface area contributed by atoms with E-state index in [1.54, 1.807) is 0 Å². The van der Waals surface area contributed by atoms with Crippen molar-refractivity contribution in [1.29, 1.82) is 0 Å². The maximum absolute atomic E-state index is 12.8. The summed E-state index contributed by atoms with van der Waals surface area (Å²) in [6, 6.07) is 12.1. The Labute approximate surface area is 124 Å². The smallest absolute Gasteiger partial charge is 0.196 e. The fourth-order valence-electron chi connectivity index (χ4n) is 3.44. The Kier molecular flexibility index (Phi) is 3.03. The first-order chi connectivity index (χ1) is 10.3. The first kappa shape index (κ1) is 12.6. The molecule has 2 aromatic rings. The van der Waals surface area contributed by atoms with Crippen LogP contribution in [0.15, 0.2) is 36.4 Å². The van der Waals surface area contributed by atoms with Gasteiger partial charge < -0.3 is 4.74 Å². The van der Waals surface area contributed by atoms with E-state index < -0.39 is 0 Å². The van der Waals surface area contributed by atoms with Gasteiger partial charge in [0.2, 0.25) is 0 Å². The summed E-state index contributed by atoms with van der Waals surface area (Å²) < 4.78 is 5.77. The minimum absolute atomic E-state index is 0.0865. The Balaban J connectivity index is 1.75. The molecule has 0 N–H and O–H groups in total. The number of aryl methyl sites for hydroxylation is 3. The molecule has 0 spiro atoms. The van der Waals surface area contributed by atoms with Crippen molar-refractivity contribution in [3.63, 3.8) is 0 Å². The van der Waals surface area contributed by atoms with Crippen LogP contribution >= 0.6 is 0 Å². The Morgan fingerprint density at radius 2 is 1.76 bits per heavy atom. The first-order valence-electron chi connectivity index (χ1n) is 7.74. The van der Waals surface area contributed by atoms with Crippen molar-refractivity contribution < 1.29 is 9.53 Å². The Bertz CT molecular complexity index is 716. The maximum Gasteiger partial charge on any atom is 0.196 e. The summed E-state index contributed by atoms with van der Waals surface area (Å²) in [5, 5.41) is 0. The molecule has 0 unspecified atom stereocenters. The molecular formula is C19H18O2. The van der Waals surface area contributed by atoms with E-state index in [1.165, 1.54) is 17.5 Å². The molecule has 1 aliphatic heterocycles. The van der Waals surface area contributed by atoms with Gasteiger partial charge in [-0.15, -0.1) is 0 Å². The molecular weight excluding hydrogens is 260 g/mol.